The van der Waals surface area contributed by atoms with Crippen molar-refractivity contribution in [2.45, 2.75) is 26.2 Å². The fraction of sp³-hybridized carbons (Fsp3) is 0.286. The first-order chi connectivity index (χ1) is 8.20. The molecule has 3 heteroatoms. The van der Waals surface area contributed by atoms with E-state index < -0.39 is 0 Å². The van der Waals surface area contributed by atoms with Crippen LogP contribution in [0.2, 0.25) is 0 Å². The van der Waals surface area contributed by atoms with Gasteiger partial charge in [-0.2, -0.15) is 5.26 Å². The zero-order valence-electron chi connectivity index (χ0n) is 9.97. The van der Waals surface area contributed by atoms with Gasteiger partial charge in [-0.1, -0.05) is 38.1 Å². The lowest BCUT2D eigenvalue weighted by molar-refractivity contribution is 0.867. The van der Waals surface area contributed by atoms with Crippen LogP contribution in [0.3, 0.4) is 0 Å². The summed E-state index contributed by atoms with van der Waals surface area (Å²) in [6.45, 7) is 4.37. The number of rotatable bonds is 3. The van der Waals surface area contributed by atoms with Crippen LogP contribution in [0.5, 0.6) is 0 Å². The minimum absolute atomic E-state index is 0.398. The number of aromatic nitrogens is 1. The lowest BCUT2D eigenvalue weighted by Crippen LogP contribution is -1.87. The molecule has 1 aromatic heterocycles. The molecule has 0 aliphatic carbocycles. The van der Waals surface area contributed by atoms with Gasteiger partial charge in [0.05, 0.1) is 18.2 Å². The zero-order chi connectivity index (χ0) is 12.3. The highest BCUT2D eigenvalue weighted by Gasteiger charge is 2.05. The number of hydrogen-bond donors (Lipinski definition) is 0. The fourth-order valence-corrected chi connectivity index (χ4v) is 2.37. The highest BCUT2D eigenvalue weighted by Crippen LogP contribution is 2.24. The van der Waals surface area contributed by atoms with Crippen LogP contribution in [0, 0.1) is 11.3 Å². The van der Waals surface area contributed by atoms with Crippen molar-refractivity contribution in [1.29, 1.82) is 5.26 Å². The van der Waals surface area contributed by atoms with Gasteiger partial charge in [-0.15, -0.1) is 11.3 Å². The van der Waals surface area contributed by atoms with Gasteiger partial charge in [-0.3, -0.25) is 0 Å². The van der Waals surface area contributed by atoms with Crippen molar-refractivity contribution >= 4 is 11.3 Å². The number of benzene rings is 1. The van der Waals surface area contributed by atoms with Crippen molar-refractivity contribution in [2.24, 2.45) is 0 Å². The Bertz CT molecular complexity index is 532. The third kappa shape index (κ3) is 2.72. The predicted octanol–water partition coefficient (Wildman–Crippen LogP) is 4.00. The maximum atomic E-state index is 8.61. The molecule has 17 heavy (non-hydrogen) atoms. The molecule has 1 heterocycles. The highest BCUT2D eigenvalue weighted by molar-refractivity contribution is 7.10. The van der Waals surface area contributed by atoms with E-state index in [0.717, 1.165) is 16.3 Å². The summed E-state index contributed by atoms with van der Waals surface area (Å²) in [5.41, 5.74) is 3.42. The van der Waals surface area contributed by atoms with Crippen LogP contribution in [-0.4, -0.2) is 4.98 Å². The monoisotopic (exact) mass is 242 g/mol. The minimum atomic E-state index is 0.398. The van der Waals surface area contributed by atoms with Gasteiger partial charge in [0.15, 0.2) is 0 Å². The molecule has 0 unspecified atom stereocenters. The first-order valence-electron chi connectivity index (χ1n) is 5.62. The maximum Gasteiger partial charge on any atom is 0.107 e. The van der Waals surface area contributed by atoms with Gasteiger partial charge < -0.3 is 0 Å². The summed E-state index contributed by atoms with van der Waals surface area (Å²) in [4.78, 5) is 4.44. The van der Waals surface area contributed by atoms with E-state index in [9.17, 15) is 0 Å². The Balaban J connectivity index is 2.24. The second-order valence-electron chi connectivity index (χ2n) is 4.24. The zero-order valence-corrected chi connectivity index (χ0v) is 10.8. The summed E-state index contributed by atoms with van der Waals surface area (Å²) in [5, 5.41) is 11.5. The SMILES string of the molecule is CC(C)c1ccc(-c2csc(CC#N)n2)cc1. The Morgan fingerprint density at radius 1 is 1.29 bits per heavy atom. The van der Waals surface area contributed by atoms with Crippen LogP contribution in [0.15, 0.2) is 29.6 Å². The van der Waals surface area contributed by atoms with Crippen LogP contribution >= 0.6 is 11.3 Å². The largest absolute Gasteiger partial charge is 0.240 e. The molecule has 86 valence electrons. The average Bonchev–Trinajstić information content (AvgIpc) is 2.78. The van der Waals surface area contributed by atoms with Crippen molar-refractivity contribution in [2.75, 3.05) is 0 Å². The van der Waals surface area contributed by atoms with Crippen LogP contribution in [0.4, 0.5) is 0 Å². The first-order valence-corrected chi connectivity index (χ1v) is 6.50. The third-order valence-corrected chi connectivity index (χ3v) is 3.50. The smallest absolute Gasteiger partial charge is 0.107 e. The van der Waals surface area contributed by atoms with Gasteiger partial charge in [-0.05, 0) is 11.5 Å². The van der Waals surface area contributed by atoms with Crippen LogP contribution in [0.1, 0.15) is 30.3 Å². The number of nitriles is 1. The van der Waals surface area contributed by atoms with Crippen molar-refractivity contribution in [3.8, 4) is 17.3 Å². The summed E-state index contributed by atoms with van der Waals surface area (Å²) < 4.78 is 0. The summed E-state index contributed by atoms with van der Waals surface area (Å²) in [7, 11) is 0. The summed E-state index contributed by atoms with van der Waals surface area (Å²) in [5.74, 6) is 0.550. The summed E-state index contributed by atoms with van der Waals surface area (Å²) in [6, 6.07) is 10.6. The molecule has 2 aromatic rings. The summed E-state index contributed by atoms with van der Waals surface area (Å²) in [6.07, 6.45) is 0.398. The molecule has 0 fully saturated rings. The second-order valence-corrected chi connectivity index (χ2v) is 5.18. The molecule has 1 aromatic carbocycles. The van der Waals surface area contributed by atoms with Gasteiger partial charge in [0, 0.05) is 10.9 Å². The Kier molecular flexibility index (Phi) is 3.55. The molecule has 0 N–H and O–H groups in total. The van der Waals surface area contributed by atoms with E-state index in [2.05, 4.69) is 49.2 Å². The van der Waals surface area contributed by atoms with E-state index in [0.29, 0.717) is 12.3 Å². The number of nitrogens with zero attached hydrogens (tertiary/aromatic N) is 2. The molecule has 2 nitrogen and oxygen atoms in total. The average molecular weight is 242 g/mol. The molecule has 0 saturated heterocycles. The first kappa shape index (κ1) is 11.8. The maximum absolute atomic E-state index is 8.61. The lowest BCUT2D eigenvalue weighted by atomic mass is 10.0. The molecule has 0 bridgehead atoms. The van der Waals surface area contributed by atoms with Gasteiger partial charge in [-0.25, -0.2) is 4.98 Å². The van der Waals surface area contributed by atoms with E-state index in [1.54, 1.807) is 11.3 Å². The van der Waals surface area contributed by atoms with E-state index in [4.69, 9.17) is 5.26 Å². The molecule has 0 radical (unpaired) electrons. The topological polar surface area (TPSA) is 36.7 Å². The Hall–Kier alpha value is -1.66. The Morgan fingerprint density at radius 2 is 2.00 bits per heavy atom. The van der Waals surface area contributed by atoms with E-state index in [-0.39, 0.29) is 0 Å². The standard InChI is InChI=1S/C14H14N2S/c1-10(2)11-3-5-12(6-4-11)13-9-17-14(16-13)7-8-15/h3-6,9-10H,7H2,1-2H3. The third-order valence-electron chi connectivity index (χ3n) is 2.66. The van der Waals surface area contributed by atoms with Crippen molar-refractivity contribution in [3.63, 3.8) is 0 Å². The van der Waals surface area contributed by atoms with Crippen LogP contribution < -0.4 is 0 Å². The molecule has 0 saturated carbocycles. The Morgan fingerprint density at radius 3 is 2.59 bits per heavy atom. The highest BCUT2D eigenvalue weighted by atomic mass is 32.1. The molecular formula is C14H14N2S. The van der Waals surface area contributed by atoms with Gasteiger partial charge in [0.2, 0.25) is 0 Å². The fourth-order valence-electron chi connectivity index (χ4n) is 1.63. The summed E-state index contributed by atoms with van der Waals surface area (Å²) >= 11 is 1.55. The van der Waals surface area contributed by atoms with Gasteiger partial charge in [0.1, 0.15) is 5.01 Å². The molecular weight excluding hydrogens is 228 g/mol. The number of thiazole rings is 1. The molecule has 0 amide bonds. The molecule has 2 rings (SSSR count). The predicted molar refractivity (Wildman–Crippen MR) is 71.0 cm³/mol. The van der Waals surface area contributed by atoms with E-state index in [1.165, 1.54) is 5.56 Å². The molecule has 0 atom stereocenters. The lowest BCUT2D eigenvalue weighted by Gasteiger charge is -2.05. The molecule has 0 aliphatic rings. The second kappa shape index (κ2) is 5.11. The minimum Gasteiger partial charge on any atom is -0.240 e. The normalized spacial score (nSPS) is 10.5. The van der Waals surface area contributed by atoms with Crippen LogP contribution in [-0.2, 0) is 6.42 Å². The van der Waals surface area contributed by atoms with Crippen molar-refractivity contribution in [1.82, 2.24) is 4.98 Å². The van der Waals surface area contributed by atoms with Crippen molar-refractivity contribution in [3.05, 3.63) is 40.2 Å². The van der Waals surface area contributed by atoms with Crippen molar-refractivity contribution < 1.29 is 0 Å². The van der Waals surface area contributed by atoms with E-state index >= 15 is 0 Å². The number of hydrogen-bond acceptors (Lipinski definition) is 3. The Labute approximate surface area is 106 Å². The van der Waals surface area contributed by atoms with E-state index in [1.807, 2.05) is 5.38 Å². The van der Waals surface area contributed by atoms with Gasteiger partial charge >= 0.3 is 0 Å². The molecule has 0 aliphatic heterocycles. The van der Waals surface area contributed by atoms with Gasteiger partial charge in [0.25, 0.3) is 0 Å². The quantitative estimate of drug-likeness (QED) is 0.815. The van der Waals surface area contributed by atoms with Crippen LogP contribution in [0.25, 0.3) is 11.3 Å². The molecule has 0 spiro atoms.